The van der Waals surface area contributed by atoms with Gasteiger partial charge in [-0.05, 0) is 125 Å². The normalized spacial score (nSPS) is 12.3. The van der Waals surface area contributed by atoms with Crippen molar-refractivity contribution in [3.05, 3.63) is 215 Å². The van der Waals surface area contributed by atoms with Gasteiger partial charge in [-0.1, -0.05) is 390 Å². The summed E-state index contributed by atoms with van der Waals surface area (Å²) in [6.45, 7) is 67.2. The highest BCUT2D eigenvalue weighted by Gasteiger charge is 2.30. The topological polar surface area (TPSA) is 163 Å². The maximum absolute atomic E-state index is 11.6. The van der Waals surface area contributed by atoms with Crippen molar-refractivity contribution in [1.82, 2.24) is 0 Å². The van der Waals surface area contributed by atoms with Crippen molar-refractivity contribution in [2.24, 2.45) is 32.5 Å². The molecule has 0 saturated heterocycles. The molecule has 6 atom stereocenters. The number of benzene rings is 6. The summed E-state index contributed by atoms with van der Waals surface area (Å²) in [7, 11) is 0. The zero-order valence-corrected chi connectivity index (χ0v) is 70.8. The third-order valence-corrected chi connectivity index (χ3v) is 14.5. The molecule has 0 amide bonds. The fourth-order valence-electron chi connectivity index (χ4n) is 10.3. The van der Waals surface area contributed by atoms with E-state index in [1.165, 1.54) is 0 Å². The van der Waals surface area contributed by atoms with Gasteiger partial charge < -0.3 is 15.3 Å². The van der Waals surface area contributed by atoms with Crippen molar-refractivity contribution in [1.29, 1.82) is 0 Å². The van der Waals surface area contributed by atoms with Crippen molar-refractivity contribution >= 4 is 35.3 Å². The van der Waals surface area contributed by atoms with Gasteiger partial charge in [-0.25, -0.2) is 0 Å². The Morgan fingerprint density at radius 3 is 0.402 bits per heavy atom. The molecule has 9 heteroatoms. The predicted molar refractivity (Wildman–Crippen MR) is 443 cm³/mol. The molecule has 0 bridgehead atoms. The van der Waals surface area contributed by atoms with Crippen molar-refractivity contribution in [2.75, 3.05) is 0 Å². The number of hydrogen-bond donors (Lipinski definition) is 3. The number of aliphatic carboxylic acids is 3. The molecular formula is C93H150O9. The number of rotatable bonds is 18. The molecule has 6 rings (SSSR count). The lowest BCUT2D eigenvalue weighted by Crippen LogP contribution is -2.19. The zero-order valence-electron chi connectivity index (χ0n) is 70.8. The van der Waals surface area contributed by atoms with Crippen molar-refractivity contribution in [2.45, 2.75) is 303 Å². The summed E-state index contributed by atoms with van der Waals surface area (Å²) in [5.74, 6) is -2.49. The number of ketones is 3. The fraction of sp³-hybridized carbons (Fsp3) is 0.548. The summed E-state index contributed by atoms with van der Waals surface area (Å²) in [4.78, 5) is 68.4. The molecule has 0 aliphatic heterocycles. The number of hydrogen-bond acceptors (Lipinski definition) is 6. The minimum absolute atomic E-state index is 0.0267. The van der Waals surface area contributed by atoms with Gasteiger partial charge in [-0.15, -0.1) is 0 Å². The summed E-state index contributed by atoms with van der Waals surface area (Å²) in [5.41, 5.74) is 6.72. The molecule has 102 heavy (non-hydrogen) atoms. The van der Waals surface area contributed by atoms with E-state index in [0.29, 0.717) is 19.3 Å². The molecule has 6 aromatic rings. The molecular weight excluding hydrogens is 1260 g/mol. The molecule has 0 spiro atoms. The number of Topliss-reactive ketones (excluding diaryl/α,β-unsaturated/α-hetero) is 3. The second kappa shape index (κ2) is 57.2. The molecule has 6 aromatic carbocycles. The predicted octanol–water partition coefficient (Wildman–Crippen LogP) is 27.4. The molecule has 0 aliphatic carbocycles. The molecule has 3 N–H and O–H groups in total. The maximum Gasteiger partial charge on any atom is 0.310 e. The largest absolute Gasteiger partial charge is 0.481 e. The second-order valence-electron chi connectivity index (χ2n) is 31.2. The van der Waals surface area contributed by atoms with E-state index >= 15 is 0 Å². The van der Waals surface area contributed by atoms with Gasteiger partial charge >= 0.3 is 17.9 Å². The van der Waals surface area contributed by atoms with E-state index in [2.05, 4.69) is 125 Å². The lowest BCUT2D eigenvalue weighted by molar-refractivity contribution is -0.140. The van der Waals surface area contributed by atoms with Crippen LogP contribution in [0.2, 0.25) is 0 Å². The first-order valence-electron chi connectivity index (χ1n) is 37.9. The summed E-state index contributed by atoms with van der Waals surface area (Å²) < 4.78 is 0. The summed E-state index contributed by atoms with van der Waals surface area (Å²) >= 11 is 0. The van der Waals surface area contributed by atoms with Crippen LogP contribution in [0.5, 0.6) is 0 Å². The molecule has 0 radical (unpaired) electrons. The Bertz CT molecular complexity index is 2460. The molecule has 576 valence electrons. The van der Waals surface area contributed by atoms with Crippen LogP contribution in [0.1, 0.15) is 336 Å². The Morgan fingerprint density at radius 1 is 0.216 bits per heavy atom. The Hall–Kier alpha value is -7.26. The van der Waals surface area contributed by atoms with Gasteiger partial charge in [0.05, 0.1) is 17.8 Å². The molecule has 0 heterocycles. The van der Waals surface area contributed by atoms with Crippen LogP contribution in [0.3, 0.4) is 0 Å². The van der Waals surface area contributed by atoms with E-state index in [0.717, 1.165) is 52.6 Å². The van der Waals surface area contributed by atoms with Gasteiger partial charge in [-0.2, -0.15) is 0 Å². The van der Waals surface area contributed by atoms with E-state index in [1.54, 1.807) is 20.8 Å². The van der Waals surface area contributed by atoms with E-state index in [-0.39, 0.29) is 67.6 Å². The monoisotopic (exact) mass is 1410 g/mol. The van der Waals surface area contributed by atoms with Crippen molar-refractivity contribution < 1.29 is 44.1 Å². The quantitative estimate of drug-likeness (QED) is 0.0760. The zero-order chi connectivity index (χ0) is 80.8. The minimum atomic E-state index is -0.740. The van der Waals surface area contributed by atoms with Crippen LogP contribution in [-0.2, 0) is 28.8 Å². The molecule has 2 unspecified atom stereocenters. The van der Waals surface area contributed by atoms with E-state index in [4.69, 9.17) is 0 Å². The fourth-order valence-corrected chi connectivity index (χ4v) is 10.3. The first-order valence-corrected chi connectivity index (χ1v) is 37.9. The molecule has 0 aromatic heterocycles. The third-order valence-electron chi connectivity index (χ3n) is 14.5. The number of carbonyl (C=O) groups is 6. The third kappa shape index (κ3) is 55.4. The lowest BCUT2D eigenvalue weighted by atomic mass is 9.80. The van der Waals surface area contributed by atoms with Gasteiger partial charge in [-0.3, -0.25) is 28.8 Å². The first kappa shape index (κ1) is 106. The Kier molecular flexibility index (Phi) is 59.3. The second-order valence-corrected chi connectivity index (χ2v) is 31.2. The Morgan fingerprint density at radius 2 is 0.314 bits per heavy atom. The number of carboxylic acids is 3. The highest BCUT2D eigenvalue weighted by molar-refractivity contribution is 5.84. The van der Waals surface area contributed by atoms with Crippen LogP contribution in [0, 0.1) is 32.5 Å². The maximum atomic E-state index is 11.6. The summed E-state index contributed by atoms with van der Waals surface area (Å²) in [6, 6.07) is 58.4. The van der Waals surface area contributed by atoms with Crippen molar-refractivity contribution in [3.8, 4) is 0 Å². The summed E-state index contributed by atoms with van der Waals surface area (Å²) in [5, 5.41) is 27.6. The van der Waals surface area contributed by atoms with Gasteiger partial charge in [0.15, 0.2) is 0 Å². The molecule has 0 saturated carbocycles. The van der Waals surface area contributed by atoms with Crippen LogP contribution < -0.4 is 0 Å². The van der Waals surface area contributed by atoms with E-state index in [9.17, 15) is 44.1 Å². The van der Waals surface area contributed by atoms with Crippen LogP contribution in [0.4, 0.5) is 0 Å². The highest BCUT2D eigenvalue weighted by Crippen LogP contribution is 2.36. The van der Waals surface area contributed by atoms with Gasteiger partial charge in [0.1, 0.15) is 17.3 Å². The standard InChI is InChI=1S/3C14H20O.3C13H18O2.6C2H6/c3*1-11(15)13(10-14(2,3)4)12-8-6-5-7-9-12;3*1-13(2,3)9-11(12(14)15)10-7-5-4-6-8-10;6*1-2/h3*5-9,13H,10H2,1-4H3;3*4-8,11H,9H2,1-3H3,(H,14,15);6*1-2H3/t2*13-;;2*11-;;;;;;;/m10.10......./s1. The minimum Gasteiger partial charge on any atom is -0.481 e. The first-order chi connectivity index (χ1) is 47.4. The lowest BCUT2D eigenvalue weighted by Gasteiger charge is -2.24. The average Bonchev–Trinajstić information content (AvgIpc) is 0.905. The Labute approximate surface area is 626 Å². The smallest absolute Gasteiger partial charge is 0.310 e. The summed E-state index contributed by atoms with van der Waals surface area (Å²) in [6.07, 6.45) is 4.70. The Balaban J connectivity index is -0.000000263. The molecule has 0 fully saturated rings. The van der Waals surface area contributed by atoms with E-state index in [1.807, 2.05) is 265 Å². The van der Waals surface area contributed by atoms with Crippen LogP contribution in [0.25, 0.3) is 0 Å². The van der Waals surface area contributed by atoms with Gasteiger partial charge in [0.25, 0.3) is 0 Å². The number of carboxylic acid groups (broad SMARTS) is 3. The van der Waals surface area contributed by atoms with Crippen molar-refractivity contribution in [3.63, 3.8) is 0 Å². The molecule has 9 nitrogen and oxygen atoms in total. The van der Waals surface area contributed by atoms with Crippen LogP contribution in [-0.4, -0.2) is 50.6 Å². The number of carbonyl (C=O) groups excluding carboxylic acids is 3. The SMILES string of the molecule is CC.CC.CC.CC.CC.CC.CC(=O)C(CC(C)(C)C)c1ccccc1.CC(=O)[C@@H](CC(C)(C)C)c1ccccc1.CC(=O)[C@H](CC(C)(C)C)c1ccccc1.CC(C)(C)CC(C(=O)O)c1ccccc1.CC(C)(C)C[C@@H](C(=O)O)c1ccccc1.CC(C)(C)C[C@H](C(=O)O)c1ccccc1. The van der Waals surface area contributed by atoms with Crippen LogP contribution in [0.15, 0.2) is 182 Å². The van der Waals surface area contributed by atoms with Gasteiger partial charge in [0, 0.05) is 17.8 Å². The highest BCUT2D eigenvalue weighted by atomic mass is 16.4. The average molecular weight is 1410 g/mol. The van der Waals surface area contributed by atoms with Gasteiger partial charge in [0.2, 0.25) is 0 Å². The van der Waals surface area contributed by atoms with E-state index < -0.39 is 35.7 Å². The van der Waals surface area contributed by atoms with Crippen LogP contribution >= 0.6 is 0 Å². The molecule has 0 aliphatic rings.